The number of carbonyl (C=O) groups is 1. The molecule has 98 valence electrons. The Bertz CT molecular complexity index is 277. The Kier molecular flexibility index (Phi) is 4.01. The number of amides is 1. The average Bonchev–Trinajstić information content (AvgIpc) is 2.74. The first-order chi connectivity index (χ1) is 8.09. The number of β-amino-alcohol motifs (C(OH)–C–C–N with tert-alkyl or cyclic N) is 1. The molecule has 1 aliphatic heterocycles. The number of aliphatic hydroxyl groups excluding tert-OH is 1. The molecule has 0 aromatic rings. The summed E-state index contributed by atoms with van der Waals surface area (Å²) in [5.74, 6) is -0.111. The molecule has 1 saturated heterocycles. The molecule has 2 atom stereocenters. The van der Waals surface area contributed by atoms with Crippen molar-refractivity contribution in [3.63, 3.8) is 0 Å². The molecule has 2 aliphatic rings. The van der Waals surface area contributed by atoms with Crippen molar-refractivity contribution in [3.05, 3.63) is 0 Å². The summed E-state index contributed by atoms with van der Waals surface area (Å²) in [7, 11) is 0. The number of hydrogen-bond donors (Lipinski definition) is 4. The van der Waals surface area contributed by atoms with Gasteiger partial charge in [0.25, 0.3) is 0 Å². The lowest BCUT2D eigenvalue weighted by molar-refractivity contribution is -0.124. The molecule has 2 rings (SSSR count). The Morgan fingerprint density at radius 1 is 1.35 bits per heavy atom. The molecule has 0 radical (unpaired) electrons. The van der Waals surface area contributed by atoms with Crippen molar-refractivity contribution in [1.29, 1.82) is 0 Å². The van der Waals surface area contributed by atoms with Gasteiger partial charge >= 0.3 is 0 Å². The topological polar surface area (TPSA) is 81.6 Å². The van der Waals surface area contributed by atoms with Gasteiger partial charge in [0, 0.05) is 13.1 Å². The van der Waals surface area contributed by atoms with Crippen molar-refractivity contribution in [2.45, 2.75) is 56.3 Å². The van der Waals surface area contributed by atoms with E-state index in [-0.39, 0.29) is 11.9 Å². The molecule has 1 saturated carbocycles. The second-order valence-corrected chi connectivity index (χ2v) is 5.35. The molecule has 0 bridgehead atoms. The molecule has 1 heterocycles. The number of nitrogens with one attached hydrogen (secondary N) is 2. The van der Waals surface area contributed by atoms with E-state index in [1.54, 1.807) is 0 Å². The first-order valence-electron chi connectivity index (χ1n) is 6.51. The molecule has 5 heteroatoms. The predicted molar refractivity (Wildman–Crippen MR) is 63.5 cm³/mol. The highest BCUT2D eigenvalue weighted by atomic mass is 16.3. The second-order valence-electron chi connectivity index (χ2n) is 5.35. The van der Waals surface area contributed by atoms with Crippen molar-refractivity contribution in [1.82, 2.24) is 10.6 Å². The van der Waals surface area contributed by atoms with Gasteiger partial charge in [-0.25, -0.2) is 0 Å². The van der Waals surface area contributed by atoms with Crippen LogP contribution in [0.15, 0.2) is 0 Å². The van der Waals surface area contributed by atoms with Gasteiger partial charge in [-0.2, -0.15) is 0 Å². The van der Waals surface area contributed by atoms with Crippen molar-refractivity contribution in [2.24, 2.45) is 0 Å². The van der Waals surface area contributed by atoms with Crippen LogP contribution < -0.4 is 10.6 Å². The van der Waals surface area contributed by atoms with Crippen molar-refractivity contribution in [3.8, 4) is 0 Å². The number of hydrogen-bond acceptors (Lipinski definition) is 4. The smallest absolute Gasteiger partial charge is 0.237 e. The first-order valence-corrected chi connectivity index (χ1v) is 6.51. The van der Waals surface area contributed by atoms with Gasteiger partial charge in [-0.1, -0.05) is 19.3 Å². The summed E-state index contributed by atoms with van der Waals surface area (Å²) in [5, 5.41) is 25.3. The summed E-state index contributed by atoms with van der Waals surface area (Å²) in [6.07, 6.45) is 4.82. The summed E-state index contributed by atoms with van der Waals surface area (Å²) in [5.41, 5.74) is -0.717. The Hall–Kier alpha value is -0.650. The van der Waals surface area contributed by atoms with Crippen LogP contribution in [0, 0.1) is 0 Å². The van der Waals surface area contributed by atoms with Crippen LogP contribution in [0.25, 0.3) is 0 Å². The Labute approximate surface area is 102 Å². The molecule has 2 unspecified atom stereocenters. The summed E-state index contributed by atoms with van der Waals surface area (Å²) in [4.78, 5) is 11.8. The van der Waals surface area contributed by atoms with Gasteiger partial charge in [0.1, 0.15) is 0 Å². The molecule has 1 amide bonds. The molecule has 4 N–H and O–H groups in total. The fraction of sp³-hybridized carbons (Fsp3) is 0.917. The van der Waals surface area contributed by atoms with Crippen LogP contribution in [0.1, 0.15) is 38.5 Å². The third kappa shape index (κ3) is 3.40. The highest BCUT2D eigenvalue weighted by molar-refractivity contribution is 5.82. The summed E-state index contributed by atoms with van der Waals surface area (Å²) in [6.45, 7) is 0.808. The second kappa shape index (κ2) is 5.33. The minimum atomic E-state index is -0.717. The largest absolute Gasteiger partial charge is 0.392 e. The van der Waals surface area contributed by atoms with Crippen LogP contribution in [0.2, 0.25) is 0 Å². The van der Waals surface area contributed by atoms with E-state index >= 15 is 0 Å². The zero-order chi connectivity index (χ0) is 12.3. The maximum atomic E-state index is 11.8. The molecule has 0 aromatic carbocycles. The molecule has 2 fully saturated rings. The number of carbonyl (C=O) groups excluding carboxylic acids is 1. The number of rotatable bonds is 3. The van der Waals surface area contributed by atoms with E-state index in [4.69, 9.17) is 0 Å². The fourth-order valence-electron chi connectivity index (χ4n) is 2.68. The van der Waals surface area contributed by atoms with E-state index in [1.165, 1.54) is 6.42 Å². The van der Waals surface area contributed by atoms with E-state index in [2.05, 4.69) is 10.6 Å². The van der Waals surface area contributed by atoms with Gasteiger partial charge in [0.2, 0.25) is 5.91 Å². The van der Waals surface area contributed by atoms with Gasteiger partial charge in [0.05, 0.1) is 17.7 Å². The van der Waals surface area contributed by atoms with Gasteiger partial charge in [-0.3, -0.25) is 4.79 Å². The monoisotopic (exact) mass is 242 g/mol. The number of aliphatic hydroxyl groups is 2. The third-order valence-corrected chi connectivity index (χ3v) is 3.80. The van der Waals surface area contributed by atoms with E-state index in [9.17, 15) is 15.0 Å². The highest BCUT2D eigenvalue weighted by Crippen LogP contribution is 2.27. The van der Waals surface area contributed by atoms with Crippen molar-refractivity contribution < 1.29 is 15.0 Å². The van der Waals surface area contributed by atoms with Crippen LogP contribution >= 0.6 is 0 Å². The third-order valence-electron chi connectivity index (χ3n) is 3.80. The van der Waals surface area contributed by atoms with Crippen molar-refractivity contribution >= 4 is 5.91 Å². The van der Waals surface area contributed by atoms with Gasteiger partial charge < -0.3 is 20.8 Å². The summed E-state index contributed by atoms with van der Waals surface area (Å²) in [6, 6.07) is -0.308. The Balaban J connectivity index is 1.75. The molecule has 17 heavy (non-hydrogen) atoms. The summed E-state index contributed by atoms with van der Waals surface area (Å²) >= 11 is 0. The van der Waals surface area contributed by atoms with E-state index in [1.807, 2.05) is 0 Å². The van der Waals surface area contributed by atoms with Crippen molar-refractivity contribution in [2.75, 3.05) is 13.1 Å². The standard InChI is InChI=1S/C12H22N2O3/c15-9-6-10(13-7-9)11(16)14-8-12(17)4-2-1-3-5-12/h9-10,13,15,17H,1-8H2,(H,14,16). The maximum Gasteiger partial charge on any atom is 0.237 e. The van der Waals surface area contributed by atoms with Crippen LogP contribution in [-0.2, 0) is 4.79 Å². The van der Waals surface area contributed by atoms with E-state index < -0.39 is 11.7 Å². The van der Waals surface area contributed by atoms with Crippen LogP contribution in [-0.4, -0.2) is 47.0 Å². The molecule has 1 aliphatic carbocycles. The highest BCUT2D eigenvalue weighted by Gasteiger charge is 2.32. The molecule has 0 aromatic heterocycles. The Morgan fingerprint density at radius 2 is 2.06 bits per heavy atom. The zero-order valence-corrected chi connectivity index (χ0v) is 10.1. The SMILES string of the molecule is O=C(NCC1(O)CCCCC1)C1CC(O)CN1. The average molecular weight is 242 g/mol. The van der Waals surface area contributed by atoms with Crippen LogP contribution in [0.3, 0.4) is 0 Å². The molecule has 0 spiro atoms. The lowest BCUT2D eigenvalue weighted by Crippen LogP contribution is -2.48. The van der Waals surface area contributed by atoms with Gasteiger partial charge in [0.15, 0.2) is 0 Å². The predicted octanol–water partition coefficient (Wildman–Crippen LogP) is -0.479. The Morgan fingerprint density at radius 3 is 2.65 bits per heavy atom. The normalized spacial score (nSPS) is 32.4. The summed E-state index contributed by atoms with van der Waals surface area (Å²) < 4.78 is 0. The van der Waals surface area contributed by atoms with Gasteiger partial charge in [-0.05, 0) is 19.3 Å². The minimum absolute atomic E-state index is 0.111. The maximum absolute atomic E-state index is 11.8. The van der Waals surface area contributed by atoms with Gasteiger partial charge in [-0.15, -0.1) is 0 Å². The van der Waals surface area contributed by atoms with Crippen LogP contribution in [0.5, 0.6) is 0 Å². The molecule has 5 nitrogen and oxygen atoms in total. The lowest BCUT2D eigenvalue weighted by atomic mass is 9.85. The minimum Gasteiger partial charge on any atom is -0.392 e. The quantitative estimate of drug-likeness (QED) is 0.539. The first kappa shape index (κ1) is 12.8. The van der Waals surface area contributed by atoms with E-state index in [0.29, 0.717) is 19.5 Å². The zero-order valence-electron chi connectivity index (χ0n) is 10.1. The lowest BCUT2D eigenvalue weighted by Gasteiger charge is -2.32. The van der Waals surface area contributed by atoms with Crippen LogP contribution in [0.4, 0.5) is 0 Å². The molecular formula is C12H22N2O3. The fourth-order valence-corrected chi connectivity index (χ4v) is 2.68. The molecular weight excluding hydrogens is 220 g/mol. The van der Waals surface area contributed by atoms with E-state index in [0.717, 1.165) is 25.7 Å².